The summed E-state index contributed by atoms with van der Waals surface area (Å²) in [6.45, 7) is 15.4. The molecule has 0 aromatic heterocycles. The topological polar surface area (TPSA) is 59.1 Å². The van der Waals surface area contributed by atoms with Gasteiger partial charge in [0.2, 0.25) is 0 Å². The first-order chi connectivity index (χ1) is 14.8. The smallest absolute Gasteiger partial charge is 0.413 e. The summed E-state index contributed by atoms with van der Waals surface area (Å²) < 4.78 is 12.0. The SMILES string of the molecule is CC(C)(C)C(=O)[C@@H](OC(=O)N1C(C)(C)COC1(C)C)[C@H]1CCCCN1Cc1ccccc1. The maximum atomic E-state index is 13.6. The average molecular weight is 445 g/mol. The van der Waals surface area contributed by atoms with Gasteiger partial charge in [0.05, 0.1) is 18.2 Å². The summed E-state index contributed by atoms with van der Waals surface area (Å²) in [5.74, 6) is -0.0356. The molecule has 0 saturated carbocycles. The molecule has 178 valence electrons. The zero-order valence-electron chi connectivity index (χ0n) is 20.8. The third-order valence-corrected chi connectivity index (χ3v) is 6.57. The van der Waals surface area contributed by atoms with Crippen molar-refractivity contribution in [2.45, 2.75) is 97.7 Å². The van der Waals surface area contributed by atoms with E-state index >= 15 is 0 Å². The van der Waals surface area contributed by atoms with Crippen LogP contribution >= 0.6 is 0 Å². The molecule has 1 amide bonds. The number of ether oxygens (including phenoxy) is 2. The van der Waals surface area contributed by atoms with Crippen LogP contribution in [0, 0.1) is 5.41 Å². The van der Waals surface area contributed by atoms with E-state index in [4.69, 9.17) is 9.47 Å². The lowest BCUT2D eigenvalue weighted by atomic mass is 9.82. The molecule has 0 unspecified atom stereocenters. The molecular formula is C26H40N2O4. The molecule has 2 heterocycles. The Morgan fingerprint density at radius 3 is 2.34 bits per heavy atom. The fourth-order valence-electron chi connectivity index (χ4n) is 4.95. The molecule has 3 rings (SSSR count). The molecule has 2 saturated heterocycles. The lowest BCUT2D eigenvalue weighted by Crippen LogP contribution is -2.58. The highest BCUT2D eigenvalue weighted by Gasteiger charge is 2.51. The summed E-state index contributed by atoms with van der Waals surface area (Å²) >= 11 is 0. The Morgan fingerprint density at radius 1 is 1.12 bits per heavy atom. The highest BCUT2D eigenvalue weighted by atomic mass is 16.6. The molecule has 32 heavy (non-hydrogen) atoms. The van der Waals surface area contributed by atoms with Crippen LogP contribution in [0.3, 0.4) is 0 Å². The second-order valence-corrected chi connectivity index (χ2v) is 11.3. The molecule has 0 N–H and O–H groups in total. The number of ketones is 1. The third kappa shape index (κ3) is 5.34. The van der Waals surface area contributed by atoms with Crippen LogP contribution in [-0.2, 0) is 20.8 Å². The summed E-state index contributed by atoms with van der Waals surface area (Å²) in [7, 11) is 0. The van der Waals surface area contributed by atoms with E-state index in [1.807, 2.05) is 66.7 Å². The van der Waals surface area contributed by atoms with Crippen LogP contribution in [0.5, 0.6) is 0 Å². The van der Waals surface area contributed by atoms with Crippen molar-refractivity contribution in [2.75, 3.05) is 13.2 Å². The van der Waals surface area contributed by atoms with E-state index in [2.05, 4.69) is 17.0 Å². The van der Waals surface area contributed by atoms with Gasteiger partial charge in [-0.2, -0.15) is 0 Å². The second-order valence-electron chi connectivity index (χ2n) is 11.3. The average Bonchev–Trinajstić information content (AvgIpc) is 2.93. The summed E-state index contributed by atoms with van der Waals surface area (Å²) in [6, 6.07) is 10.1. The summed E-state index contributed by atoms with van der Waals surface area (Å²) in [6.07, 6.45) is 1.62. The van der Waals surface area contributed by atoms with E-state index in [0.717, 1.165) is 32.4 Å². The molecule has 0 aliphatic carbocycles. The number of likely N-dealkylation sites (tertiary alicyclic amines) is 1. The molecule has 0 bridgehead atoms. The van der Waals surface area contributed by atoms with Crippen molar-refractivity contribution in [3.63, 3.8) is 0 Å². The maximum absolute atomic E-state index is 13.6. The van der Waals surface area contributed by atoms with Crippen molar-refractivity contribution in [2.24, 2.45) is 5.41 Å². The van der Waals surface area contributed by atoms with Gasteiger partial charge < -0.3 is 9.47 Å². The minimum absolute atomic E-state index is 0.0356. The molecule has 2 aliphatic rings. The van der Waals surface area contributed by atoms with Crippen LogP contribution in [0.4, 0.5) is 4.79 Å². The van der Waals surface area contributed by atoms with Crippen LogP contribution in [-0.4, -0.2) is 58.2 Å². The molecular weight excluding hydrogens is 404 g/mol. The number of benzene rings is 1. The zero-order valence-corrected chi connectivity index (χ0v) is 20.8. The van der Waals surface area contributed by atoms with Gasteiger partial charge in [-0.15, -0.1) is 0 Å². The predicted molar refractivity (Wildman–Crippen MR) is 125 cm³/mol. The Kier molecular flexibility index (Phi) is 7.06. The van der Waals surface area contributed by atoms with Crippen molar-refractivity contribution in [3.05, 3.63) is 35.9 Å². The van der Waals surface area contributed by atoms with Gasteiger partial charge in [-0.25, -0.2) is 4.79 Å². The van der Waals surface area contributed by atoms with Crippen molar-refractivity contribution in [3.8, 4) is 0 Å². The number of amides is 1. The maximum Gasteiger partial charge on any atom is 0.413 e. The van der Waals surface area contributed by atoms with Gasteiger partial charge in [0, 0.05) is 12.0 Å². The molecule has 0 radical (unpaired) electrons. The Balaban J connectivity index is 1.89. The lowest BCUT2D eigenvalue weighted by Gasteiger charge is -2.43. The summed E-state index contributed by atoms with van der Waals surface area (Å²) in [5, 5.41) is 0. The second kappa shape index (κ2) is 9.14. The van der Waals surface area contributed by atoms with Crippen molar-refractivity contribution in [1.29, 1.82) is 0 Å². The largest absolute Gasteiger partial charge is 0.436 e. The zero-order chi connectivity index (χ0) is 23.7. The Labute approximate surface area is 193 Å². The summed E-state index contributed by atoms with van der Waals surface area (Å²) in [4.78, 5) is 31.0. The number of carbonyl (C=O) groups is 2. The number of hydrogen-bond donors (Lipinski definition) is 0. The number of Topliss-reactive ketones (excluding diaryl/α,β-unsaturated/α-hetero) is 1. The summed E-state index contributed by atoms with van der Waals surface area (Å²) in [5.41, 5.74) is -0.714. The molecule has 2 aliphatic heterocycles. The van der Waals surface area contributed by atoms with Crippen molar-refractivity contribution < 1.29 is 19.1 Å². The Hall–Kier alpha value is -1.92. The van der Waals surface area contributed by atoms with Gasteiger partial charge >= 0.3 is 6.09 Å². The molecule has 1 aromatic rings. The van der Waals surface area contributed by atoms with Crippen LogP contribution in [0.2, 0.25) is 0 Å². The van der Waals surface area contributed by atoms with Gasteiger partial charge in [0.25, 0.3) is 0 Å². The van der Waals surface area contributed by atoms with Gasteiger partial charge in [-0.05, 0) is 52.6 Å². The first-order valence-corrected chi connectivity index (χ1v) is 11.8. The normalized spacial score (nSPS) is 24.2. The van der Waals surface area contributed by atoms with E-state index in [0.29, 0.717) is 6.61 Å². The molecule has 0 spiro atoms. The fourth-order valence-corrected chi connectivity index (χ4v) is 4.95. The minimum atomic E-state index is -0.821. The van der Waals surface area contributed by atoms with Gasteiger partial charge in [-0.3, -0.25) is 14.6 Å². The number of piperidine rings is 1. The number of nitrogens with zero attached hydrogens (tertiary/aromatic N) is 2. The number of rotatable bonds is 5. The molecule has 6 nitrogen and oxygen atoms in total. The van der Waals surface area contributed by atoms with E-state index in [1.54, 1.807) is 4.90 Å². The lowest BCUT2D eigenvalue weighted by molar-refractivity contribution is -0.143. The van der Waals surface area contributed by atoms with Gasteiger partial charge in [0.15, 0.2) is 11.9 Å². The monoisotopic (exact) mass is 444 g/mol. The third-order valence-electron chi connectivity index (χ3n) is 6.57. The molecule has 1 aromatic carbocycles. The molecule has 2 atom stereocenters. The minimum Gasteiger partial charge on any atom is -0.436 e. The Morgan fingerprint density at radius 2 is 1.78 bits per heavy atom. The van der Waals surface area contributed by atoms with Gasteiger partial charge in [-0.1, -0.05) is 57.5 Å². The van der Waals surface area contributed by atoms with E-state index in [9.17, 15) is 9.59 Å². The quantitative estimate of drug-likeness (QED) is 0.639. The molecule has 2 fully saturated rings. The van der Waals surface area contributed by atoms with Crippen molar-refractivity contribution in [1.82, 2.24) is 9.80 Å². The van der Waals surface area contributed by atoms with Crippen LogP contribution in [0.15, 0.2) is 30.3 Å². The van der Waals surface area contributed by atoms with Crippen LogP contribution in [0.25, 0.3) is 0 Å². The molecule has 6 heteroatoms. The van der Waals surface area contributed by atoms with E-state index < -0.39 is 28.9 Å². The van der Waals surface area contributed by atoms with Crippen molar-refractivity contribution >= 4 is 11.9 Å². The number of hydrogen-bond acceptors (Lipinski definition) is 5. The highest BCUT2D eigenvalue weighted by Crippen LogP contribution is 2.36. The van der Waals surface area contributed by atoms with Crippen LogP contribution in [0.1, 0.15) is 73.3 Å². The fraction of sp³-hybridized carbons (Fsp3) is 0.692. The van der Waals surface area contributed by atoms with E-state index in [1.165, 1.54) is 5.56 Å². The number of carbonyl (C=O) groups excluding carboxylic acids is 2. The predicted octanol–water partition coefficient (Wildman–Crippen LogP) is 5.01. The highest BCUT2D eigenvalue weighted by molar-refractivity contribution is 5.90. The first kappa shape index (κ1) is 24.7. The van der Waals surface area contributed by atoms with Gasteiger partial charge in [0.1, 0.15) is 5.72 Å². The van der Waals surface area contributed by atoms with E-state index in [-0.39, 0.29) is 11.8 Å². The first-order valence-electron chi connectivity index (χ1n) is 11.8. The van der Waals surface area contributed by atoms with Crippen LogP contribution < -0.4 is 0 Å². The Bertz CT molecular complexity index is 797. The standard InChI is InChI=1S/C26H40N2O4/c1-24(2,3)22(29)21(32-23(30)28-25(4,5)18-31-26(28,6)7)20-15-11-12-16-27(20)17-19-13-9-8-10-14-19/h8-10,13-14,20-21H,11-12,15-18H2,1-7H3/t20-,21+/m1/s1.